The average Bonchev–Trinajstić information content (AvgIpc) is 3.71. The maximum absolute atomic E-state index is 13.7. The number of likely N-dealkylation sites (tertiary alicyclic amines) is 1. The molecule has 0 unspecified atom stereocenters. The molecular formula is C29H33F3N6O4. The van der Waals surface area contributed by atoms with E-state index in [1.165, 1.54) is 0 Å². The van der Waals surface area contributed by atoms with E-state index in [4.69, 9.17) is 14.2 Å². The van der Waals surface area contributed by atoms with Gasteiger partial charge >= 0.3 is 6.18 Å². The van der Waals surface area contributed by atoms with Crippen LogP contribution in [0, 0.1) is 0 Å². The van der Waals surface area contributed by atoms with Gasteiger partial charge in [0.15, 0.2) is 11.5 Å². The number of amides is 1. The number of nitrogens with one attached hydrogen (secondary N) is 3. The van der Waals surface area contributed by atoms with Crippen LogP contribution in [0.3, 0.4) is 0 Å². The minimum Gasteiger partial charge on any atom is -0.485 e. The summed E-state index contributed by atoms with van der Waals surface area (Å²) in [6.07, 6.45) is 0.0484. The average molecular weight is 587 g/mol. The number of ether oxygens (including phenoxy) is 3. The highest BCUT2D eigenvalue weighted by Gasteiger charge is 2.36. The van der Waals surface area contributed by atoms with E-state index in [-0.39, 0.29) is 23.0 Å². The van der Waals surface area contributed by atoms with Crippen LogP contribution in [0.5, 0.6) is 11.5 Å². The lowest BCUT2D eigenvalue weighted by Gasteiger charge is -2.40. The van der Waals surface area contributed by atoms with Crippen molar-refractivity contribution in [2.45, 2.75) is 43.9 Å². The molecule has 3 aliphatic heterocycles. The van der Waals surface area contributed by atoms with Gasteiger partial charge < -0.3 is 34.7 Å². The number of aromatic amines is 1. The van der Waals surface area contributed by atoms with Crippen LogP contribution in [-0.4, -0.2) is 90.4 Å². The van der Waals surface area contributed by atoms with Crippen molar-refractivity contribution < 1.29 is 32.2 Å². The summed E-state index contributed by atoms with van der Waals surface area (Å²) in [5, 5.41) is 6.42. The van der Waals surface area contributed by atoms with Crippen LogP contribution in [0.4, 0.5) is 30.4 Å². The summed E-state index contributed by atoms with van der Waals surface area (Å²) in [6.45, 7) is 5.29. The van der Waals surface area contributed by atoms with Gasteiger partial charge in [0, 0.05) is 56.2 Å². The Labute approximate surface area is 240 Å². The van der Waals surface area contributed by atoms with Gasteiger partial charge in [0.2, 0.25) is 0 Å². The van der Waals surface area contributed by atoms with Gasteiger partial charge in [0.25, 0.3) is 5.91 Å². The Morgan fingerprint density at radius 2 is 1.69 bits per heavy atom. The number of carbonyl (C=O) groups is 1. The zero-order valence-corrected chi connectivity index (χ0v) is 23.1. The Balaban J connectivity index is 1.14. The highest BCUT2D eigenvalue weighted by Crippen LogP contribution is 2.44. The number of benzene rings is 1. The SMILES string of the molecule is O=C(c1ccc(Nc2cc(NC3CC3)c3c(C(F)(F)F)c[nH]c3n2)c2c1OCCO2)N1CCC(N2CCOCC2)CC1. The minimum atomic E-state index is -4.51. The molecule has 7 rings (SSSR count). The molecule has 3 fully saturated rings. The van der Waals surface area contributed by atoms with E-state index in [0.717, 1.165) is 58.2 Å². The second-order valence-electron chi connectivity index (χ2n) is 11.2. The van der Waals surface area contributed by atoms with Gasteiger partial charge in [-0.2, -0.15) is 13.2 Å². The molecule has 0 atom stereocenters. The largest absolute Gasteiger partial charge is 0.485 e. The van der Waals surface area contributed by atoms with E-state index in [1.807, 2.05) is 4.90 Å². The second-order valence-corrected chi connectivity index (χ2v) is 11.2. The molecule has 5 heterocycles. The summed E-state index contributed by atoms with van der Waals surface area (Å²) in [5.74, 6) is 0.978. The number of fused-ring (bicyclic) bond motifs is 2. The highest BCUT2D eigenvalue weighted by atomic mass is 19.4. The van der Waals surface area contributed by atoms with E-state index < -0.39 is 11.7 Å². The van der Waals surface area contributed by atoms with Crippen molar-refractivity contribution in [1.29, 1.82) is 0 Å². The third-order valence-electron chi connectivity index (χ3n) is 8.38. The number of halogens is 3. The fraction of sp³-hybridized carbons (Fsp3) is 0.517. The van der Waals surface area contributed by atoms with Crippen LogP contribution in [0.25, 0.3) is 11.0 Å². The highest BCUT2D eigenvalue weighted by molar-refractivity contribution is 6.00. The van der Waals surface area contributed by atoms with E-state index >= 15 is 0 Å². The summed E-state index contributed by atoms with van der Waals surface area (Å²) in [7, 11) is 0. The van der Waals surface area contributed by atoms with Crippen LogP contribution >= 0.6 is 0 Å². The molecule has 224 valence electrons. The number of piperidine rings is 1. The zero-order chi connectivity index (χ0) is 28.8. The van der Waals surface area contributed by atoms with Crippen molar-refractivity contribution in [3.8, 4) is 11.5 Å². The minimum absolute atomic E-state index is 0.0138. The Morgan fingerprint density at radius 3 is 2.40 bits per heavy atom. The Kier molecular flexibility index (Phi) is 7.01. The number of hydrogen-bond acceptors (Lipinski definition) is 8. The lowest BCUT2D eigenvalue weighted by Crippen LogP contribution is -2.50. The van der Waals surface area contributed by atoms with Crippen LogP contribution in [0.15, 0.2) is 24.4 Å². The van der Waals surface area contributed by atoms with Crippen molar-refractivity contribution in [3.05, 3.63) is 35.5 Å². The van der Waals surface area contributed by atoms with Crippen molar-refractivity contribution >= 4 is 34.1 Å². The molecule has 13 heteroatoms. The molecule has 10 nitrogen and oxygen atoms in total. The fourth-order valence-corrected chi connectivity index (χ4v) is 6.07. The molecule has 1 saturated carbocycles. The lowest BCUT2D eigenvalue weighted by atomic mass is 10.0. The monoisotopic (exact) mass is 586 g/mol. The number of morpholine rings is 1. The Hall–Kier alpha value is -3.71. The number of nitrogens with zero attached hydrogens (tertiary/aromatic N) is 3. The number of aromatic nitrogens is 2. The molecule has 1 amide bonds. The van der Waals surface area contributed by atoms with Crippen molar-refractivity contribution in [2.75, 3.05) is 63.2 Å². The molecule has 42 heavy (non-hydrogen) atoms. The van der Waals surface area contributed by atoms with Gasteiger partial charge in [-0.1, -0.05) is 0 Å². The van der Waals surface area contributed by atoms with Crippen LogP contribution in [-0.2, 0) is 10.9 Å². The van der Waals surface area contributed by atoms with Gasteiger partial charge in [0.05, 0.1) is 35.4 Å². The maximum atomic E-state index is 13.7. The maximum Gasteiger partial charge on any atom is 0.418 e. The molecule has 0 spiro atoms. The number of hydrogen-bond donors (Lipinski definition) is 3. The Bertz CT molecular complexity index is 1480. The molecule has 4 aliphatic rings. The number of carbonyl (C=O) groups excluding carboxylic acids is 1. The van der Waals surface area contributed by atoms with Crippen molar-refractivity contribution in [3.63, 3.8) is 0 Å². The number of pyridine rings is 1. The summed E-state index contributed by atoms with van der Waals surface area (Å²) < 4.78 is 58.5. The standard InChI is InChI=1S/C29H33F3N6O4/c30-29(31,32)20-16-33-27-24(20)22(34-17-1-2-17)15-23(36-27)35-21-4-3-19(25-26(21)42-14-13-41-25)28(39)38-7-5-18(6-8-38)37-9-11-40-12-10-37/h3-4,15-18H,1-2,5-14H2,(H3,33,34,35,36). The first kappa shape index (κ1) is 27.1. The number of anilines is 3. The summed E-state index contributed by atoms with van der Waals surface area (Å²) >= 11 is 0. The zero-order valence-electron chi connectivity index (χ0n) is 23.1. The normalized spacial score (nSPS) is 20.1. The van der Waals surface area contributed by atoms with Gasteiger partial charge in [-0.25, -0.2) is 4.98 Å². The smallest absolute Gasteiger partial charge is 0.418 e. The van der Waals surface area contributed by atoms with Gasteiger partial charge in [-0.05, 0) is 37.8 Å². The molecule has 2 saturated heterocycles. The quantitative estimate of drug-likeness (QED) is 0.385. The molecule has 0 radical (unpaired) electrons. The third kappa shape index (κ3) is 5.31. The topological polar surface area (TPSA) is 104 Å². The van der Waals surface area contributed by atoms with Crippen molar-refractivity contribution in [1.82, 2.24) is 19.8 Å². The first-order valence-electron chi connectivity index (χ1n) is 14.5. The summed E-state index contributed by atoms with van der Waals surface area (Å²) in [4.78, 5) is 25.1. The lowest BCUT2D eigenvalue weighted by molar-refractivity contribution is -0.136. The fourth-order valence-electron chi connectivity index (χ4n) is 6.07. The van der Waals surface area contributed by atoms with E-state index in [2.05, 4.69) is 25.5 Å². The number of rotatable bonds is 6. The molecule has 3 aromatic rings. The first-order chi connectivity index (χ1) is 20.3. The molecule has 1 aliphatic carbocycles. The van der Waals surface area contributed by atoms with Crippen LogP contribution in [0.2, 0.25) is 0 Å². The summed E-state index contributed by atoms with van der Waals surface area (Å²) in [6, 6.07) is 5.61. The predicted octanol–water partition coefficient (Wildman–Crippen LogP) is 4.61. The van der Waals surface area contributed by atoms with Crippen LogP contribution < -0.4 is 20.1 Å². The third-order valence-corrected chi connectivity index (χ3v) is 8.38. The van der Waals surface area contributed by atoms with E-state index in [0.29, 0.717) is 66.6 Å². The van der Waals surface area contributed by atoms with Gasteiger partial charge in [-0.3, -0.25) is 9.69 Å². The van der Waals surface area contributed by atoms with Crippen molar-refractivity contribution in [2.24, 2.45) is 0 Å². The van der Waals surface area contributed by atoms with Gasteiger partial charge in [0.1, 0.15) is 24.7 Å². The Morgan fingerprint density at radius 1 is 0.952 bits per heavy atom. The predicted molar refractivity (Wildman–Crippen MR) is 150 cm³/mol. The number of alkyl halides is 3. The van der Waals surface area contributed by atoms with E-state index in [1.54, 1.807) is 18.2 Å². The molecule has 1 aromatic carbocycles. The second kappa shape index (κ2) is 10.8. The molecule has 2 aromatic heterocycles. The summed E-state index contributed by atoms with van der Waals surface area (Å²) in [5.41, 5.74) is 0.661. The number of H-pyrrole nitrogens is 1. The van der Waals surface area contributed by atoms with Crippen LogP contribution in [0.1, 0.15) is 41.6 Å². The van der Waals surface area contributed by atoms with Gasteiger partial charge in [-0.15, -0.1) is 0 Å². The first-order valence-corrected chi connectivity index (χ1v) is 14.5. The van der Waals surface area contributed by atoms with E-state index in [9.17, 15) is 18.0 Å². The molecule has 3 N–H and O–H groups in total. The molecule has 0 bridgehead atoms. The molecular weight excluding hydrogens is 553 g/mol.